The van der Waals surface area contributed by atoms with Gasteiger partial charge in [0.1, 0.15) is 10.8 Å². The van der Waals surface area contributed by atoms with Gasteiger partial charge in [0.25, 0.3) is 0 Å². The number of fused-ring (bicyclic) bond motifs is 10. The Morgan fingerprint density at radius 1 is 0.585 bits per heavy atom. The largest absolute Gasteiger partial charge is 0.454 e. The summed E-state index contributed by atoms with van der Waals surface area (Å²) in [4.78, 5) is 44.2. The summed E-state index contributed by atoms with van der Waals surface area (Å²) < 4.78 is 22.1. The van der Waals surface area contributed by atoms with E-state index in [1.807, 2.05) is 52.3 Å². The molecule has 6 aliphatic rings. The third-order valence-corrected chi connectivity index (χ3v) is 12.0. The van der Waals surface area contributed by atoms with Gasteiger partial charge in [0.2, 0.25) is 25.4 Å². The number of para-hydroxylation sites is 2. The van der Waals surface area contributed by atoms with Crippen LogP contribution in [0.4, 0.5) is 11.4 Å². The number of amides is 2. The summed E-state index contributed by atoms with van der Waals surface area (Å²) in [6.07, 6.45) is 8.36. The molecule has 0 N–H and O–H groups in total. The number of ether oxygens (including phenoxy) is 4. The summed E-state index contributed by atoms with van der Waals surface area (Å²) in [6.45, 7) is 6.23. The number of carbonyl (C=O) groups is 3. The van der Waals surface area contributed by atoms with Gasteiger partial charge in [-0.2, -0.15) is 0 Å². The van der Waals surface area contributed by atoms with Crippen molar-refractivity contribution in [2.24, 2.45) is 0 Å². The molecule has 0 aromatic heterocycles. The Hall–Kier alpha value is -5.31. The Bertz CT molecular complexity index is 2160. The van der Waals surface area contributed by atoms with Crippen molar-refractivity contribution in [3.63, 3.8) is 0 Å². The van der Waals surface area contributed by atoms with Gasteiger partial charge in [0.05, 0.1) is 0 Å². The van der Waals surface area contributed by atoms with Crippen LogP contribution in [0, 0.1) is 0 Å². The van der Waals surface area contributed by atoms with E-state index in [0.29, 0.717) is 23.6 Å². The van der Waals surface area contributed by atoms with Crippen LogP contribution in [-0.2, 0) is 26.8 Å². The first kappa shape index (κ1) is 33.5. The van der Waals surface area contributed by atoms with E-state index in [0.717, 1.165) is 103 Å². The molecular weight excluding hydrogens is 668 g/mol. The highest BCUT2D eigenvalue weighted by molar-refractivity contribution is 6.19. The molecule has 4 aromatic rings. The van der Waals surface area contributed by atoms with Gasteiger partial charge in [-0.25, -0.2) is 0 Å². The minimum atomic E-state index is -0.934. The number of Topliss-reactive ketones (excluding diaryl/α,β-unsaturated/α-hetero) is 1. The van der Waals surface area contributed by atoms with E-state index < -0.39 is 10.8 Å². The molecule has 4 aliphatic heterocycles. The van der Waals surface area contributed by atoms with Crippen molar-refractivity contribution in [3.8, 4) is 23.0 Å². The van der Waals surface area contributed by atoms with Crippen LogP contribution in [0.5, 0.6) is 23.0 Å². The third-order valence-electron chi connectivity index (χ3n) is 12.0. The number of hydrogen-bond donors (Lipinski definition) is 0. The normalized spacial score (nSPS) is 22.0. The zero-order chi connectivity index (χ0) is 36.3. The molecule has 4 heterocycles. The van der Waals surface area contributed by atoms with Gasteiger partial charge in [0, 0.05) is 36.4 Å². The fourth-order valence-corrected chi connectivity index (χ4v) is 9.47. The summed E-state index contributed by atoms with van der Waals surface area (Å²) in [5.74, 6) is 2.98. The van der Waals surface area contributed by atoms with Crippen molar-refractivity contribution in [2.45, 2.75) is 82.5 Å². The van der Waals surface area contributed by atoms with Crippen LogP contribution in [0.15, 0.2) is 72.8 Å². The van der Waals surface area contributed by atoms with Gasteiger partial charge in [-0.1, -0.05) is 75.9 Å². The average molecular weight is 713 g/mol. The van der Waals surface area contributed by atoms with Crippen molar-refractivity contribution in [3.05, 3.63) is 106 Å². The smallest absolute Gasteiger partial charge is 0.242 e. The molecule has 2 spiro atoms. The number of benzene rings is 4. The van der Waals surface area contributed by atoms with Gasteiger partial charge < -0.3 is 28.7 Å². The second-order valence-corrected chi connectivity index (χ2v) is 14.9. The summed E-state index contributed by atoms with van der Waals surface area (Å²) in [6, 6.07) is 23.9. The highest BCUT2D eigenvalue weighted by atomic mass is 16.7. The van der Waals surface area contributed by atoms with E-state index in [4.69, 9.17) is 18.9 Å². The molecule has 0 saturated heterocycles. The summed E-state index contributed by atoms with van der Waals surface area (Å²) in [7, 11) is 0. The minimum absolute atomic E-state index is 0.00534. The molecule has 0 saturated carbocycles. The third kappa shape index (κ3) is 4.92. The number of unbranched alkanes of at least 4 members (excludes halogenated alkanes) is 4. The topological polar surface area (TPSA) is 94.6 Å². The number of aryl methyl sites for hydroxylation is 1. The number of rotatable bonds is 8. The monoisotopic (exact) mass is 712 g/mol. The van der Waals surface area contributed by atoms with Crippen molar-refractivity contribution in [2.75, 3.05) is 36.5 Å². The van der Waals surface area contributed by atoms with Crippen molar-refractivity contribution in [1.29, 1.82) is 0 Å². The fourth-order valence-electron chi connectivity index (χ4n) is 9.47. The number of nitrogens with zero attached hydrogens (tertiary/aromatic N) is 2. The average Bonchev–Trinajstić information content (AvgIpc) is 4.03. The zero-order valence-corrected chi connectivity index (χ0v) is 30.4. The Kier molecular flexibility index (Phi) is 8.20. The van der Waals surface area contributed by atoms with E-state index in [2.05, 4.69) is 38.1 Å². The van der Waals surface area contributed by atoms with Crippen LogP contribution >= 0.6 is 0 Å². The van der Waals surface area contributed by atoms with Crippen LogP contribution in [0.2, 0.25) is 0 Å². The maximum atomic E-state index is 13.7. The standard InChI is InChI=1S/C22H21NO4.C22H23NO3/c1-2-3-6-9-23-17-8-5-4-7-15(17)22(21(23)25)12-18(24)14-10-19-20(11-16(14)22)27-13-26-19;1-2-3-6-11-23-18-8-5-4-7-16(18)22(21(23)24)10-9-15-12-19-20(13-17(15)22)26-14-25-19/h4-5,7-8,10-11H,2-3,6,9,12-13H2,1H3;4-5,7-8,12-13H,2-3,6,9-11,14H2,1H3. The summed E-state index contributed by atoms with van der Waals surface area (Å²) in [5, 5.41) is 0. The van der Waals surface area contributed by atoms with E-state index in [-0.39, 0.29) is 37.6 Å². The lowest BCUT2D eigenvalue weighted by Crippen LogP contribution is -2.40. The molecule has 2 aliphatic carbocycles. The molecule has 4 aromatic carbocycles. The van der Waals surface area contributed by atoms with Gasteiger partial charge in [0.15, 0.2) is 28.8 Å². The number of carbonyl (C=O) groups excluding carboxylic acids is 3. The molecule has 272 valence electrons. The number of hydrogen-bond acceptors (Lipinski definition) is 7. The molecule has 0 radical (unpaired) electrons. The Labute approximate surface area is 309 Å². The van der Waals surface area contributed by atoms with Gasteiger partial charge in [-0.3, -0.25) is 14.4 Å². The van der Waals surface area contributed by atoms with E-state index >= 15 is 0 Å². The summed E-state index contributed by atoms with van der Waals surface area (Å²) >= 11 is 0. The molecule has 9 nitrogen and oxygen atoms in total. The zero-order valence-electron chi connectivity index (χ0n) is 30.4. The van der Waals surface area contributed by atoms with Crippen LogP contribution in [0.3, 0.4) is 0 Å². The molecule has 2 atom stereocenters. The van der Waals surface area contributed by atoms with Crippen LogP contribution < -0.4 is 28.7 Å². The Morgan fingerprint density at radius 3 is 1.70 bits per heavy atom. The van der Waals surface area contributed by atoms with E-state index in [1.54, 1.807) is 6.07 Å². The van der Waals surface area contributed by atoms with Crippen LogP contribution in [-0.4, -0.2) is 44.3 Å². The molecule has 10 rings (SSSR count). The van der Waals surface area contributed by atoms with Crippen molar-refractivity contribution < 1.29 is 33.3 Å². The lowest BCUT2D eigenvalue weighted by atomic mass is 9.76. The lowest BCUT2D eigenvalue weighted by molar-refractivity contribution is -0.122. The number of anilines is 2. The highest BCUT2D eigenvalue weighted by Gasteiger charge is 2.58. The molecule has 0 fully saturated rings. The van der Waals surface area contributed by atoms with Crippen molar-refractivity contribution >= 4 is 29.0 Å². The van der Waals surface area contributed by atoms with Crippen molar-refractivity contribution in [1.82, 2.24) is 0 Å². The van der Waals surface area contributed by atoms with Gasteiger partial charge >= 0.3 is 0 Å². The predicted molar refractivity (Wildman–Crippen MR) is 201 cm³/mol. The maximum absolute atomic E-state index is 13.7. The molecule has 0 bridgehead atoms. The molecular formula is C44H44N2O7. The van der Waals surface area contributed by atoms with E-state index in [1.165, 1.54) is 5.56 Å². The minimum Gasteiger partial charge on any atom is -0.454 e. The molecule has 9 heteroatoms. The van der Waals surface area contributed by atoms with E-state index in [9.17, 15) is 14.4 Å². The molecule has 2 amide bonds. The van der Waals surface area contributed by atoms with Crippen LogP contribution in [0.1, 0.15) is 103 Å². The predicted octanol–water partition coefficient (Wildman–Crippen LogP) is 8.01. The molecule has 53 heavy (non-hydrogen) atoms. The quantitative estimate of drug-likeness (QED) is 0.171. The first-order valence-corrected chi connectivity index (χ1v) is 19.2. The van der Waals surface area contributed by atoms with Crippen LogP contribution in [0.25, 0.3) is 0 Å². The first-order chi connectivity index (χ1) is 25.9. The number of ketones is 1. The van der Waals surface area contributed by atoms with Gasteiger partial charge in [-0.05, 0) is 89.9 Å². The second-order valence-electron chi connectivity index (χ2n) is 14.9. The maximum Gasteiger partial charge on any atom is 0.242 e. The summed E-state index contributed by atoms with van der Waals surface area (Å²) in [5.41, 5.74) is 6.26. The first-order valence-electron chi connectivity index (χ1n) is 19.2. The second kappa shape index (κ2) is 13.0. The Balaban J connectivity index is 0.000000141. The van der Waals surface area contributed by atoms with Gasteiger partial charge in [-0.15, -0.1) is 0 Å². The highest BCUT2D eigenvalue weighted by Crippen LogP contribution is 2.57. The lowest BCUT2D eigenvalue weighted by Gasteiger charge is -2.25. The fraction of sp³-hybridized carbons (Fsp3) is 0.386. The molecule has 2 unspecified atom stereocenters. The Morgan fingerprint density at radius 2 is 1.09 bits per heavy atom. The SMILES string of the molecule is CCCCCN1C(=O)C2(CC(=O)c3cc4c(cc32)OCO4)c2ccccc21.CCCCCN1C(=O)C2(CCc3cc4c(cc32)OCO4)c2ccccc21.